The average Bonchev–Trinajstić information content (AvgIpc) is 3.60. The van der Waals surface area contributed by atoms with E-state index in [0.717, 1.165) is 123 Å². The van der Waals surface area contributed by atoms with Crippen molar-refractivity contribution in [3.05, 3.63) is 89.9 Å². The fourth-order valence-electron chi connectivity index (χ4n) is 6.95. The number of pyridine rings is 1. The molecule has 1 fully saturated rings. The maximum absolute atomic E-state index is 13.5. The largest absolute Gasteiger partial charge is 0.384 e. The lowest BCUT2D eigenvalue weighted by Crippen LogP contribution is -2.47. The molecule has 2 aliphatic heterocycles. The summed E-state index contributed by atoms with van der Waals surface area (Å²) in [6.07, 6.45) is 7.32. The Balaban J connectivity index is 1.07. The van der Waals surface area contributed by atoms with Crippen molar-refractivity contribution in [1.82, 2.24) is 29.2 Å². The van der Waals surface area contributed by atoms with Crippen LogP contribution in [0.2, 0.25) is 0 Å². The Labute approximate surface area is 280 Å². The van der Waals surface area contributed by atoms with Gasteiger partial charge in [-0.1, -0.05) is 19.4 Å². The molecular formula is C37H43F2N9. The highest BCUT2D eigenvalue weighted by atomic mass is 19.1. The van der Waals surface area contributed by atoms with E-state index in [9.17, 15) is 8.78 Å². The molecule has 0 spiro atoms. The van der Waals surface area contributed by atoms with Gasteiger partial charge in [0.25, 0.3) is 0 Å². The molecule has 5 heterocycles. The van der Waals surface area contributed by atoms with Crippen molar-refractivity contribution in [3.63, 3.8) is 0 Å². The van der Waals surface area contributed by atoms with Gasteiger partial charge in [-0.25, -0.2) is 13.8 Å². The number of nitrogens with zero attached hydrogens (tertiary/aromatic N) is 7. The molecule has 0 aliphatic carbocycles. The number of anilines is 3. The standard InChI is InChI=1S/C37H43F2N9/c1-25-18-27-19-34(42-25)32-24-41-45(3)35(32)8-6-4-5-7-12-48-36-23-31(9-10-33(36)44-37(48)43-26(27)2)47-16-14-46(15-17-47)13-11-40-30-21-28(38)20-29(39)22-30/h9-10,18-24,40H,2,4-8,11-17H2,1,3H3,(H,43,44). The Morgan fingerprint density at radius 1 is 0.896 bits per heavy atom. The zero-order valence-electron chi connectivity index (χ0n) is 27.8. The Kier molecular flexibility index (Phi) is 9.12. The van der Waals surface area contributed by atoms with Gasteiger partial charge in [-0.3, -0.25) is 14.6 Å². The molecule has 1 saturated heterocycles. The number of halogens is 2. The highest BCUT2D eigenvalue weighted by Gasteiger charge is 2.20. The number of aryl methyl sites for hydroxylation is 3. The Hall–Kier alpha value is -4.77. The number of fused-ring (bicyclic) bond motifs is 7. The number of aromatic nitrogens is 5. The van der Waals surface area contributed by atoms with Crippen molar-refractivity contribution in [3.8, 4) is 11.3 Å². The summed E-state index contributed by atoms with van der Waals surface area (Å²) in [5, 5.41) is 11.3. The van der Waals surface area contributed by atoms with Gasteiger partial charge in [0.1, 0.15) is 11.6 Å². The second-order valence-corrected chi connectivity index (χ2v) is 13.0. The van der Waals surface area contributed by atoms with E-state index in [0.29, 0.717) is 12.2 Å². The second kappa shape index (κ2) is 13.8. The number of hydrogen-bond donors (Lipinski definition) is 2. The van der Waals surface area contributed by atoms with E-state index in [2.05, 4.69) is 67.0 Å². The van der Waals surface area contributed by atoms with E-state index in [4.69, 9.17) is 9.97 Å². The molecule has 0 unspecified atom stereocenters. The SMILES string of the molecule is C=C1Nc2nc3ccc(N4CCN(CCNc5cc(F)cc(F)c5)CC4)cc3n2CCCCCCc2c(cnn2C)-c2cc1cc(C)n2. The lowest BCUT2D eigenvalue weighted by Gasteiger charge is -2.36. The molecule has 3 aromatic heterocycles. The van der Waals surface area contributed by atoms with Crippen molar-refractivity contribution >= 4 is 34.1 Å². The molecule has 0 radical (unpaired) electrons. The zero-order valence-corrected chi connectivity index (χ0v) is 27.8. The molecule has 2 aliphatic rings. The molecule has 9 nitrogen and oxygen atoms in total. The maximum Gasteiger partial charge on any atom is 0.208 e. The molecule has 2 aromatic carbocycles. The summed E-state index contributed by atoms with van der Waals surface area (Å²) >= 11 is 0. The number of benzene rings is 2. The van der Waals surface area contributed by atoms with E-state index < -0.39 is 11.6 Å². The fourth-order valence-corrected chi connectivity index (χ4v) is 6.95. The van der Waals surface area contributed by atoms with Crippen molar-refractivity contribution < 1.29 is 8.78 Å². The predicted molar refractivity (Wildman–Crippen MR) is 189 cm³/mol. The van der Waals surface area contributed by atoms with Gasteiger partial charge >= 0.3 is 0 Å². The molecule has 7 rings (SSSR count). The minimum absolute atomic E-state index is 0.468. The zero-order chi connectivity index (χ0) is 33.2. The molecule has 2 bridgehead atoms. The average molecular weight is 652 g/mol. The van der Waals surface area contributed by atoms with Gasteiger partial charge in [-0.05, 0) is 68.7 Å². The third-order valence-electron chi connectivity index (χ3n) is 9.54. The molecule has 0 saturated carbocycles. The van der Waals surface area contributed by atoms with Crippen LogP contribution in [0.3, 0.4) is 0 Å². The van der Waals surface area contributed by atoms with Crippen LogP contribution in [0.5, 0.6) is 0 Å². The van der Waals surface area contributed by atoms with Gasteiger partial charge in [0.15, 0.2) is 0 Å². The Morgan fingerprint density at radius 2 is 1.69 bits per heavy atom. The minimum Gasteiger partial charge on any atom is -0.384 e. The van der Waals surface area contributed by atoms with Crippen molar-refractivity contribution in [2.45, 2.75) is 45.6 Å². The summed E-state index contributed by atoms with van der Waals surface area (Å²) in [6, 6.07) is 14.3. The Morgan fingerprint density at radius 3 is 2.50 bits per heavy atom. The summed E-state index contributed by atoms with van der Waals surface area (Å²) in [4.78, 5) is 14.7. The highest BCUT2D eigenvalue weighted by molar-refractivity contribution is 5.85. The fraction of sp³-hybridized carbons (Fsp3) is 0.378. The van der Waals surface area contributed by atoms with Gasteiger partial charge in [0.05, 0.1) is 22.9 Å². The molecule has 0 atom stereocenters. The van der Waals surface area contributed by atoms with E-state index >= 15 is 0 Å². The van der Waals surface area contributed by atoms with E-state index in [-0.39, 0.29) is 0 Å². The van der Waals surface area contributed by atoms with Crippen molar-refractivity contribution in [2.75, 3.05) is 54.8 Å². The summed E-state index contributed by atoms with van der Waals surface area (Å²) in [5.74, 6) is -0.338. The predicted octanol–water partition coefficient (Wildman–Crippen LogP) is 6.85. The normalized spacial score (nSPS) is 16.2. The first kappa shape index (κ1) is 31.8. The highest BCUT2D eigenvalue weighted by Crippen LogP contribution is 2.31. The van der Waals surface area contributed by atoms with Gasteiger partial charge in [0, 0.05) is 98.5 Å². The monoisotopic (exact) mass is 651 g/mol. The van der Waals surface area contributed by atoms with Crippen LogP contribution in [0.25, 0.3) is 28.0 Å². The first-order chi connectivity index (χ1) is 23.3. The molecule has 2 N–H and O–H groups in total. The van der Waals surface area contributed by atoms with E-state index in [1.54, 1.807) is 0 Å². The number of hydrogen-bond acceptors (Lipinski definition) is 7. The molecule has 48 heavy (non-hydrogen) atoms. The van der Waals surface area contributed by atoms with Crippen LogP contribution in [-0.4, -0.2) is 68.5 Å². The van der Waals surface area contributed by atoms with Crippen LogP contribution < -0.4 is 15.5 Å². The summed E-state index contributed by atoms with van der Waals surface area (Å²) in [5.41, 5.74) is 9.66. The van der Waals surface area contributed by atoms with E-state index in [1.165, 1.54) is 23.5 Å². The molecule has 5 aromatic rings. The van der Waals surface area contributed by atoms with Crippen LogP contribution in [-0.2, 0) is 20.0 Å². The molecule has 11 heteroatoms. The quantitative estimate of drug-likeness (QED) is 0.215. The lowest BCUT2D eigenvalue weighted by molar-refractivity contribution is 0.267. The minimum atomic E-state index is -0.570. The first-order valence-electron chi connectivity index (χ1n) is 16.9. The van der Waals surface area contributed by atoms with Gasteiger partial charge in [-0.2, -0.15) is 5.10 Å². The second-order valence-electron chi connectivity index (χ2n) is 13.0. The van der Waals surface area contributed by atoms with Gasteiger partial charge < -0.3 is 20.1 Å². The van der Waals surface area contributed by atoms with E-state index in [1.807, 2.05) is 24.9 Å². The van der Waals surface area contributed by atoms with Gasteiger partial charge in [-0.15, -0.1) is 0 Å². The molecule has 250 valence electrons. The summed E-state index contributed by atoms with van der Waals surface area (Å²) in [7, 11) is 2.02. The number of nitrogens with one attached hydrogen (secondary N) is 2. The van der Waals surface area contributed by atoms with Crippen LogP contribution >= 0.6 is 0 Å². The van der Waals surface area contributed by atoms with Crippen LogP contribution in [0.15, 0.2) is 61.3 Å². The van der Waals surface area contributed by atoms with Gasteiger partial charge in [0.2, 0.25) is 5.95 Å². The van der Waals surface area contributed by atoms with Crippen LogP contribution in [0, 0.1) is 18.6 Å². The first-order valence-corrected chi connectivity index (χ1v) is 16.9. The maximum atomic E-state index is 13.5. The molecule has 0 amide bonds. The third-order valence-corrected chi connectivity index (χ3v) is 9.54. The smallest absolute Gasteiger partial charge is 0.208 e. The summed E-state index contributed by atoms with van der Waals surface area (Å²) < 4.78 is 31.4. The number of rotatable bonds is 5. The lowest BCUT2D eigenvalue weighted by atomic mass is 10.0. The Bertz CT molecular complexity index is 1920. The third kappa shape index (κ3) is 6.92. The topological polar surface area (TPSA) is 79.1 Å². The van der Waals surface area contributed by atoms with Crippen LogP contribution in [0.4, 0.5) is 26.1 Å². The van der Waals surface area contributed by atoms with Crippen LogP contribution in [0.1, 0.15) is 42.6 Å². The molecular weight excluding hydrogens is 608 g/mol. The number of imidazole rings is 1. The van der Waals surface area contributed by atoms with Crippen molar-refractivity contribution in [1.29, 1.82) is 0 Å². The number of piperazine rings is 1. The van der Waals surface area contributed by atoms with Crippen molar-refractivity contribution in [2.24, 2.45) is 7.05 Å². The summed E-state index contributed by atoms with van der Waals surface area (Å²) in [6.45, 7) is 12.4.